The number of carbonyl (C=O) groups is 2. The minimum absolute atomic E-state index is 0.0464. The Morgan fingerprint density at radius 2 is 2.00 bits per heavy atom. The van der Waals surface area contributed by atoms with Crippen molar-refractivity contribution in [3.8, 4) is 0 Å². The number of hydrogen-bond acceptors (Lipinski definition) is 3. The molecule has 0 aliphatic carbocycles. The van der Waals surface area contributed by atoms with E-state index in [4.69, 9.17) is 11.6 Å². The summed E-state index contributed by atoms with van der Waals surface area (Å²) in [5.74, 6) is -0.334. The summed E-state index contributed by atoms with van der Waals surface area (Å²) in [5, 5.41) is 3.54. The molecular weight excluding hydrogens is 314 g/mol. The van der Waals surface area contributed by atoms with Crippen molar-refractivity contribution in [3.63, 3.8) is 0 Å². The monoisotopic (exact) mass is 333 g/mol. The van der Waals surface area contributed by atoms with Crippen LogP contribution >= 0.6 is 11.6 Å². The zero-order chi connectivity index (χ0) is 17.0. The third-order valence-corrected chi connectivity index (χ3v) is 4.02. The van der Waals surface area contributed by atoms with Crippen LogP contribution in [0.25, 0.3) is 0 Å². The number of H-pyrrole nitrogens is 1. The second-order valence-corrected chi connectivity index (χ2v) is 5.98. The van der Waals surface area contributed by atoms with Crippen molar-refractivity contribution < 1.29 is 9.59 Å². The van der Waals surface area contributed by atoms with E-state index >= 15 is 0 Å². The predicted molar refractivity (Wildman–Crippen MR) is 91.0 cm³/mol. The van der Waals surface area contributed by atoms with E-state index in [2.05, 4.69) is 10.3 Å². The van der Waals surface area contributed by atoms with Crippen molar-refractivity contribution >= 4 is 23.3 Å². The molecule has 0 bridgehead atoms. The summed E-state index contributed by atoms with van der Waals surface area (Å²) >= 11 is 6.25. The number of nitrogens with one attached hydrogen (secondary N) is 2. The van der Waals surface area contributed by atoms with Gasteiger partial charge in [0, 0.05) is 23.3 Å². The fourth-order valence-corrected chi connectivity index (χ4v) is 2.59. The lowest BCUT2D eigenvalue weighted by molar-refractivity contribution is 0.0937. The molecule has 0 saturated carbocycles. The molecule has 0 spiro atoms. The van der Waals surface area contributed by atoms with Crippen LogP contribution in [0.1, 0.15) is 39.4 Å². The zero-order valence-electron chi connectivity index (χ0n) is 13.4. The van der Waals surface area contributed by atoms with Gasteiger partial charge in [-0.2, -0.15) is 0 Å². The van der Waals surface area contributed by atoms with Gasteiger partial charge in [-0.3, -0.25) is 9.59 Å². The van der Waals surface area contributed by atoms with E-state index in [9.17, 15) is 9.59 Å². The number of carbonyl (C=O) groups excluding carboxylic acids is 2. The van der Waals surface area contributed by atoms with Crippen LogP contribution in [0, 0.1) is 0 Å². The number of halogens is 1. The minimum atomic E-state index is -0.253. The van der Waals surface area contributed by atoms with Gasteiger partial charge in [-0.1, -0.05) is 29.8 Å². The van der Waals surface area contributed by atoms with E-state index < -0.39 is 0 Å². The molecule has 0 aliphatic rings. The summed E-state index contributed by atoms with van der Waals surface area (Å²) in [6.45, 7) is 1.87. The van der Waals surface area contributed by atoms with Crippen LogP contribution in [-0.2, 0) is 0 Å². The number of amides is 1. The fourth-order valence-electron chi connectivity index (χ4n) is 2.33. The van der Waals surface area contributed by atoms with Crippen LogP contribution in [0.3, 0.4) is 0 Å². The molecule has 0 fully saturated rings. The highest BCUT2D eigenvalue weighted by molar-refractivity contribution is 6.31. The molecule has 2 aromatic rings. The lowest BCUT2D eigenvalue weighted by atomic mass is 10.1. The summed E-state index contributed by atoms with van der Waals surface area (Å²) in [6.07, 6.45) is 1.54. The van der Waals surface area contributed by atoms with Gasteiger partial charge in [0.15, 0.2) is 5.78 Å². The predicted octanol–water partition coefficient (Wildman–Crippen LogP) is 2.90. The Morgan fingerprint density at radius 3 is 2.57 bits per heavy atom. The number of likely N-dealkylation sites (N-methyl/N-ethyl adjacent to an activating group) is 1. The van der Waals surface area contributed by atoms with Gasteiger partial charge in [0.2, 0.25) is 0 Å². The highest BCUT2D eigenvalue weighted by atomic mass is 35.5. The summed E-state index contributed by atoms with van der Waals surface area (Å²) < 4.78 is 0. The van der Waals surface area contributed by atoms with Crippen molar-refractivity contribution in [2.75, 3.05) is 20.6 Å². The van der Waals surface area contributed by atoms with Gasteiger partial charge in [0.1, 0.15) is 5.69 Å². The SMILES string of the molecule is CC(=O)c1c[nH]c(C(=O)NCC(c2ccccc2Cl)N(C)C)c1. The molecule has 1 aromatic carbocycles. The first kappa shape index (κ1) is 17.2. The van der Waals surface area contributed by atoms with E-state index in [0.29, 0.717) is 22.8 Å². The smallest absolute Gasteiger partial charge is 0.267 e. The van der Waals surface area contributed by atoms with Gasteiger partial charge in [-0.15, -0.1) is 0 Å². The fraction of sp³-hybridized carbons (Fsp3) is 0.294. The maximum absolute atomic E-state index is 12.2. The highest BCUT2D eigenvalue weighted by Crippen LogP contribution is 2.25. The standard InChI is InChI=1S/C17H20ClN3O2/c1-11(22)12-8-15(19-9-12)17(23)20-10-16(21(2)3)13-6-4-5-7-14(13)18/h4-9,16,19H,10H2,1-3H3,(H,20,23). The normalized spacial score (nSPS) is 12.2. The number of ketones is 1. The van der Waals surface area contributed by atoms with Gasteiger partial charge < -0.3 is 15.2 Å². The van der Waals surface area contributed by atoms with Crippen molar-refractivity contribution in [2.24, 2.45) is 0 Å². The van der Waals surface area contributed by atoms with Crippen LogP contribution in [0.2, 0.25) is 5.02 Å². The number of hydrogen-bond donors (Lipinski definition) is 2. The van der Waals surface area contributed by atoms with Gasteiger partial charge in [0.05, 0.1) is 6.04 Å². The molecule has 1 atom stereocenters. The van der Waals surface area contributed by atoms with E-state index in [0.717, 1.165) is 5.56 Å². The molecule has 0 aliphatic heterocycles. The van der Waals surface area contributed by atoms with Gasteiger partial charge in [0.25, 0.3) is 5.91 Å². The van der Waals surface area contributed by atoms with Crippen LogP contribution in [0.15, 0.2) is 36.5 Å². The number of nitrogens with zero attached hydrogens (tertiary/aromatic N) is 1. The first-order valence-electron chi connectivity index (χ1n) is 7.28. The topological polar surface area (TPSA) is 65.2 Å². The number of aromatic nitrogens is 1. The number of Topliss-reactive ketones (excluding diaryl/α,β-unsaturated/α-hetero) is 1. The van der Waals surface area contributed by atoms with Crippen LogP contribution in [-0.4, -0.2) is 42.2 Å². The molecular formula is C17H20ClN3O2. The molecule has 1 amide bonds. The number of rotatable bonds is 6. The molecule has 1 heterocycles. The summed E-state index contributed by atoms with van der Waals surface area (Å²) in [4.78, 5) is 28.3. The Labute approximate surface area is 140 Å². The lowest BCUT2D eigenvalue weighted by Crippen LogP contribution is -2.34. The lowest BCUT2D eigenvalue weighted by Gasteiger charge is -2.25. The first-order chi connectivity index (χ1) is 10.9. The third-order valence-electron chi connectivity index (χ3n) is 3.68. The molecule has 6 heteroatoms. The van der Waals surface area contributed by atoms with Crippen LogP contribution < -0.4 is 5.32 Å². The average Bonchev–Trinajstić information content (AvgIpc) is 2.99. The molecule has 122 valence electrons. The Balaban J connectivity index is 2.08. The Morgan fingerprint density at radius 1 is 1.30 bits per heavy atom. The van der Waals surface area contributed by atoms with E-state index in [1.54, 1.807) is 6.07 Å². The molecule has 2 N–H and O–H groups in total. The molecule has 5 nitrogen and oxygen atoms in total. The molecule has 0 saturated heterocycles. The largest absolute Gasteiger partial charge is 0.356 e. The second-order valence-electron chi connectivity index (χ2n) is 5.57. The van der Waals surface area contributed by atoms with E-state index in [1.807, 2.05) is 43.3 Å². The maximum atomic E-state index is 12.2. The quantitative estimate of drug-likeness (QED) is 0.799. The van der Waals surface area contributed by atoms with E-state index in [1.165, 1.54) is 13.1 Å². The Bertz CT molecular complexity index is 709. The zero-order valence-corrected chi connectivity index (χ0v) is 14.1. The van der Waals surface area contributed by atoms with Gasteiger partial charge >= 0.3 is 0 Å². The van der Waals surface area contributed by atoms with Crippen molar-refractivity contribution in [2.45, 2.75) is 13.0 Å². The Kier molecular flexibility index (Phi) is 5.58. The van der Waals surface area contributed by atoms with Gasteiger partial charge in [-0.05, 0) is 38.7 Å². The third kappa shape index (κ3) is 4.21. The van der Waals surface area contributed by atoms with Crippen molar-refractivity contribution in [1.29, 1.82) is 0 Å². The molecule has 2 rings (SSSR count). The summed E-state index contributed by atoms with van der Waals surface area (Å²) in [7, 11) is 3.87. The van der Waals surface area contributed by atoms with Gasteiger partial charge in [-0.25, -0.2) is 0 Å². The van der Waals surface area contributed by atoms with Crippen LogP contribution in [0.5, 0.6) is 0 Å². The van der Waals surface area contributed by atoms with Crippen molar-refractivity contribution in [3.05, 3.63) is 58.4 Å². The van der Waals surface area contributed by atoms with Crippen molar-refractivity contribution in [1.82, 2.24) is 15.2 Å². The van der Waals surface area contributed by atoms with Crippen LogP contribution in [0.4, 0.5) is 0 Å². The number of benzene rings is 1. The first-order valence-corrected chi connectivity index (χ1v) is 7.66. The van der Waals surface area contributed by atoms with E-state index in [-0.39, 0.29) is 17.7 Å². The molecule has 1 unspecified atom stereocenters. The summed E-state index contributed by atoms with van der Waals surface area (Å²) in [6, 6.07) is 9.08. The molecule has 23 heavy (non-hydrogen) atoms. The second kappa shape index (κ2) is 7.44. The average molecular weight is 334 g/mol. The molecule has 1 aromatic heterocycles. The highest BCUT2D eigenvalue weighted by Gasteiger charge is 2.19. The minimum Gasteiger partial charge on any atom is -0.356 e. The summed E-state index contributed by atoms with van der Waals surface area (Å²) in [5.41, 5.74) is 1.81. The Hall–Kier alpha value is -2.11. The maximum Gasteiger partial charge on any atom is 0.267 e. The molecule has 0 radical (unpaired) electrons. The number of aromatic amines is 1.